The molecule has 0 N–H and O–H groups in total. The molecule has 0 aliphatic rings. The summed E-state index contributed by atoms with van der Waals surface area (Å²) in [7, 11) is 0. The molecule has 0 saturated carbocycles. The monoisotopic (exact) mass is 819 g/mol. The van der Waals surface area contributed by atoms with Gasteiger partial charge in [0.2, 0.25) is 0 Å². The van der Waals surface area contributed by atoms with E-state index in [4.69, 9.17) is 15.0 Å². The van der Waals surface area contributed by atoms with Crippen LogP contribution in [0.1, 0.15) is 0 Å². The Morgan fingerprint density at radius 3 is 0.938 bits per heavy atom. The minimum Gasteiger partial charge on any atom is -0.310 e. The van der Waals surface area contributed by atoms with Gasteiger partial charge in [0.05, 0.1) is 0 Å². The molecule has 0 bridgehead atoms. The summed E-state index contributed by atoms with van der Waals surface area (Å²) in [4.78, 5) is 19.6. The van der Waals surface area contributed by atoms with E-state index < -0.39 is 0 Å². The summed E-state index contributed by atoms with van der Waals surface area (Å²) in [6.45, 7) is 0. The third-order valence-corrected chi connectivity index (χ3v) is 11.6. The molecule has 10 aromatic carbocycles. The first-order chi connectivity index (χ1) is 31.7. The van der Waals surface area contributed by atoms with Crippen molar-refractivity contribution in [2.75, 3.05) is 9.80 Å². The van der Waals surface area contributed by atoms with Gasteiger partial charge in [0, 0.05) is 50.8 Å². The van der Waals surface area contributed by atoms with E-state index in [1.54, 1.807) is 0 Å². The van der Waals surface area contributed by atoms with Crippen LogP contribution in [0.15, 0.2) is 249 Å². The average Bonchev–Trinajstić information content (AvgIpc) is 3.38. The minimum atomic E-state index is 0.640. The second-order valence-electron chi connectivity index (χ2n) is 15.7. The molecule has 0 radical (unpaired) electrons. The van der Waals surface area contributed by atoms with Gasteiger partial charge in [-0.2, -0.15) is 0 Å². The van der Waals surface area contributed by atoms with E-state index in [9.17, 15) is 0 Å². The number of anilines is 6. The highest BCUT2D eigenvalue weighted by atomic mass is 15.2. The topological polar surface area (TPSA) is 45.2 Å². The zero-order valence-corrected chi connectivity index (χ0v) is 34.9. The normalized spacial score (nSPS) is 11.1. The van der Waals surface area contributed by atoms with Crippen molar-refractivity contribution < 1.29 is 0 Å². The van der Waals surface area contributed by atoms with Crippen molar-refractivity contribution in [1.29, 1.82) is 0 Å². The van der Waals surface area contributed by atoms with Crippen LogP contribution in [0.3, 0.4) is 0 Å². The molecule has 0 amide bonds. The van der Waals surface area contributed by atoms with Crippen molar-refractivity contribution >= 4 is 55.7 Å². The maximum absolute atomic E-state index is 5.00. The van der Waals surface area contributed by atoms with Crippen LogP contribution in [0.2, 0.25) is 0 Å². The fourth-order valence-corrected chi connectivity index (χ4v) is 8.55. The summed E-state index contributed by atoms with van der Waals surface area (Å²) in [5.41, 5.74) is 11.5. The molecule has 0 unspecified atom stereocenters. The van der Waals surface area contributed by atoms with E-state index in [1.807, 2.05) is 60.7 Å². The number of fused-ring (bicyclic) bond motifs is 3. The van der Waals surface area contributed by atoms with Gasteiger partial charge in [-0.3, -0.25) is 0 Å². The van der Waals surface area contributed by atoms with Crippen LogP contribution >= 0.6 is 0 Å². The summed E-state index contributed by atoms with van der Waals surface area (Å²) in [6.07, 6.45) is 0. The molecule has 0 aliphatic heterocycles. The Labute approximate surface area is 372 Å². The standard InChI is InChI=1S/C59H41N5/c1-7-19-42(20-8-1)57-60-58(43-21-9-2-10-22-43)62-59(61-57)47-34-36-56-46(38-47)32-31-45-37-44(33-35-55(45)56)48-39-53(63(49-23-11-3-12-24-49)50-25-13-4-14-26-50)41-54(40-48)64(51-27-15-5-16-28-51)52-29-17-6-18-30-52/h1-41H. The summed E-state index contributed by atoms with van der Waals surface area (Å²) >= 11 is 0. The first-order valence-electron chi connectivity index (χ1n) is 21.5. The van der Waals surface area contributed by atoms with Crippen molar-refractivity contribution in [2.45, 2.75) is 0 Å². The molecule has 0 spiro atoms. The number of benzene rings is 10. The van der Waals surface area contributed by atoms with Crippen molar-refractivity contribution in [3.05, 3.63) is 249 Å². The van der Waals surface area contributed by atoms with Crippen molar-refractivity contribution in [3.8, 4) is 45.3 Å². The van der Waals surface area contributed by atoms with E-state index in [1.165, 1.54) is 10.8 Å². The second-order valence-corrected chi connectivity index (χ2v) is 15.7. The lowest BCUT2D eigenvalue weighted by molar-refractivity contribution is 1.07. The third kappa shape index (κ3) is 7.63. The number of para-hydroxylation sites is 4. The molecule has 0 atom stereocenters. The zero-order chi connectivity index (χ0) is 42.7. The Morgan fingerprint density at radius 2 is 0.547 bits per heavy atom. The fourth-order valence-electron chi connectivity index (χ4n) is 8.55. The molecule has 0 saturated heterocycles. The molecular weight excluding hydrogens is 779 g/mol. The summed E-state index contributed by atoms with van der Waals surface area (Å²) in [6, 6.07) is 87.4. The van der Waals surface area contributed by atoms with E-state index >= 15 is 0 Å². The van der Waals surface area contributed by atoms with Crippen LogP contribution in [0.5, 0.6) is 0 Å². The zero-order valence-electron chi connectivity index (χ0n) is 34.9. The number of rotatable bonds is 10. The van der Waals surface area contributed by atoms with Crippen LogP contribution in [-0.4, -0.2) is 15.0 Å². The minimum absolute atomic E-state index is 0.640. The Kier molecular flexibility index (Phi) is 10.2. The predicted molar refractivity (Wildman–Crippen MR) is 266 cm³/mol. The van der Waals surface area contributed by atoms with E-state index in [0.717, 1.165) is 72.7 Å². The highest BCUT2D eigenvalue weighted by Crippen LogP contribution is 2.44. The lowest BCUT2D eigenvalue weighted by Gasteiger charge is -2.30. The predicted octanol–water partition coefficient (Wildman–Crippen LogP) is 15.8. The van der Waals surface area contributed by atoms with Gasteiger partial charge in [0.1, 0.15) is 0 Å². The van der Waals surface area contributed by atoms with Crippen LogP contribution in [0.4, 0.5) is 34.1 Å². The van der Waals surface area contributed by atoms with Gasteiger partial charge in [0.25, 0.3) is 0 Å². The molecule has 64 heavy (non-hydrogen) atoms. The third-order valence-electron chi connectivity index (χ3n) is 11.6. The molecule has 5 nitrogen and oxygen atoms in total. The highest BCUT2D eigenvalue weighted by Gasteiger charge is 2.20. The number of hydrogen-bond donors (Lipinski definition) is 0. The maximum atomic E-state index is 5.00. The Balaban J connectivity index is 1.04. The van der Waals surface area contributed by atoms with Gasteiger partial charge in [-0.1, -0.05) is 170 Å². The molecule has 0 aliphatic carbocycles. The molecule has 1 heterocycles. The largest absolute Gasteiger partial charge is 0.310 e. The quantitative estimate of drug-likeness (QED) is 0.129. The van der Waals surface area contributed by atoms with Gasteiger partial charge in [0.15, 0.2) is 17.5 Å². The molecule has 5 heteroatoms. The smallest absolute Gasteiger partial charge is 0.164 e. The molecule has 302 valence electrons. The number of nitrogens with zero attached hydrogens (tertiary/aromatic N) is 5. The SMILES string of the molecule is c1ccc(-c2nc(-c3ccccc3)nc(-c3ccc4c(ccc5cc(-c6cc(N(c7ccccc7)c7ccccc7)cc(N(c7ccccc7)c7ccccc7)c6)ccc54)c3)n2)cc1. The maximum Gasteiger partial charge on any atom is 0.164 e. The summed E-state index contributed by atoms with van der Waals surface area (Å²) in [5, 5.41) is 4.63. The first-order valence-corrected chi connectivity index (χ1v) is 21.5. The van der Waals surface area contributed by atoms with Crippen LogP contribution in [0, 0.1) is 0 Å². The average molecular weight is 820 g/mol. The van der Waals surface area contributed by atoms with E-state index in [0.29, 0.717) is 17.5 Å². The van der Waals surface area contributed by atoms with Gasteiger partial charge < -0.3 is 9.80 Å². The lowest BCUT2D eigenvalue weighted by atomic mass is 9.95. The van der Waals surface area contributed by atoms with Gasteiger partial charge in [-0.25, -0.2) is 15.0 Å². The van der Waals surface area contributed by atoms with Gasteiger partial charge >= 0.3 is 0 Å². The Bertz CT molecular complexity index is 3130. The van der Waals surface area contributed by atoms with E-state index in [-0.39, 0.29) is 0 Å². The lowest BCUT2D eigenvalue weighted by Crippen LogP contribution is -2.13. The van der Waals surface area contributed by atoms with Crippen molar-refractivity contribution in [1.82, 2.24) is 15.0 Å². The molecule has 0 fully saturated rings. The highest BCUT2D eigenvalue weighted by molar-refractivity contribution is 6.09. The van der Waals surface area contributed by atoms with Gasteiger partial charge in [-0.05, 0) is 112 Å². The van der Waals surface area contributed by atoms with Crippen molar-refractivity contribution in [2.24, 2.45) is 0 Å². The van der Waals surface area contributed by atoms with Crippen LogP contribution in [-0.2, 0) is 0 Å². The molecular formula is C59H41N5. The molecule has 1 aromatic heterocycles. The fraction of sp³-hybridized carbons (Fsp3) is 0. The van der Waals surface area contributed by atoms with Crippen molar-refractivity contribution in [3.63, 3.8) is 0 Å². The molecule has 11 aromatic rings. The van der Waals surface area contributed by atoms with Crippen LogP contribution < -0.4 is 9.80 Å². The Hall–Kier alpha value is -8.67. The number of aromatic nitrogens is 3. The second kappa shape index (κ2) is 17.0. The van der Waals surface area contributed by atoms with Crippen LogP contribution in [0.25, 0.3) is 66.8 Å². The summed E-state index contributed by atoms with van der Waals surface area (Å²) < 4.78 is 0. The number of hydrogen-bond acceptors (Lipinski definition) is 5. The van der Waals surface area contributed by atoms with E-state index in [2.05, 4.69) is 198 Å². The Morgan fingerprint density at radius 1 is 0.219 bits per heavy atom. The first kappa shape index (κ1) is 38.3. The van der Waals surface area contributed by atoms with Gasteiger partial charge in [-0.15, -0.1) is 0 Å². The molecule has 11 rings (SSSR count). The summed E-state index contributed by atoms with van der Waals surface area (Å²) in [5.74, 6) is 1.93.